The molecule has 0 amide bonds. The van der Waals surface area contributed by atoms with Crippen molar-refractivity contribution in [2.24, 2.45) is 0 Å². The van der Waals surface area contributed by atoms with Crippen molar-refractivity contribution < 1.29 is 5.11 Å². The highest BCUT2D eigenvalue weighted by Gasteiger charge is 2.05. The van der Waals surface area contributed by atoms with Crippen LogP contribution in [-0.2, 0) is 6.61 Å². The second-order valence-electron chi connectivity index (χ2n) is 3.53. The summed E-state index contributed by atoms with van der Waals surface area (Å²) in [6.07, 6.45) is 3.29. The van der Waals surface area contributed by atoms with Crippen LogP contribution in [0, 0.1) is 6.92 Å². The van der Waals surface area contributed by atoms with E-state index in [0.717, 1.165) is 21.2 Å². The fourth-order valence-corrected chi connectivity index (χ4v) is 1.93. The molecule has 0 bridgehead atoms. The maximum absolute atomic E-state index is 8.90. The fraction of sp³-hybridized carbons (Fsp3) is 0.167. The molecule has 0 aliphatic rings. The molecule has 1 heterocycles. The van der Waals surface area contributed by atoms with Crippen LogP contribution in [0.15, 0.2) is 35.1 Å². The Bertz CT molecular complexity index is 497. The van der Waals surface area contributed by atoms with E-state index < -0.39 is 0 Å². The molecule has 0 aliphatic carbocycles. The van der Waals surface area contributed by atoms with Gasteiger partial charge in [-0.25, -0.2) is 9.97 Å². The number of nitrogens with zero attached hydrogens (tertiary/aromatic N) is 2. The summed E-state index contributed by atoms with van der Waals surface area (Å²) >= 11 is 3.42. The van der Waals surface area contributed by atoms with Gasteiger partial charge in [0.2, 0.25) is 0 Å². The first kappa shape index (κ1) is 11.2. The van der Waals surface area contributed by atoms with Crippen LogP contribution in [-0.4, -0.2) is 15.1 Å². The van der Waals surface area contributed by atoms with E-state index in [1.165, 1.54) is 0 Å². The Kier molecular flexibility index (Phi) is 3.31. The van der Waals surface area contributed by atoms with E-state index in [1.54, 1.807) is 12.4 Å². The number of rotatable bonds is 2. The van der Waals surface area contributed by atoms with Gasteiger partial charge in [-0.15, -0.1) is 0 Å². The van der Waals surface area contributed by atoms with Crippen molar-refractivity contribution in [2.45, 2.75) is 13.5 Å². The number of hydrogen-bond donors (Lipinski definition) is 1. The number of aromatic nitrogens is 2. The number of aryl methyl sites for hydroxylation is 1. The Balaban J connectivity index is 2.42. The summed E-state index contributed by atoms with van der Waals surface area (Å²) < 4.78 is 1.04. The molecular formula is C12H11BrN2O. The van der Waals surface area contributed by atoms with Crippen LogP contribution in [0.5, 0.6) is 0 Å². The van der Waals surface area contributed by atoms with Gasteiger partial charge < -0.3 is 5.11 Å². The average Bonchev–Trinajstić information content (AvgIpc) is 2.29. The average molecular weight is 279 g/mol. The van der Waals surface area contributed by atoms with Gasteiger partial charge in [-0.3, -0.25) is 0 Å². The van der Waals surface area contributed by atoms with Gasteiger partial charge in [-0.2, -0.15) is 0 Å². The first-order valence-electron chi connectivity index (χ1n) is 4.89. The molecule has 0 fully saturated rings. The lowest BCUT2D eigenvalue weighted by Gasteiger charge is -2.05. The molecule has 16 heavy (non-hydrogen) atoms. The summed E-state index contributed by atoms with van der Waals surface area (Å²) in [6, 6.07) is 5.97. The third-order valence-corrected chi connectivity index (χ3v) is 2.81. The van der Waals surface area contributed by atoms with Crippen LogP contribution in [0.1, 0.15) is 11.1 Å². The molecule has 0 radical (unpaired) electrons. The Hall–Kier alpha value is -1.26. The summed E-state index contributed by atoms with van der Waals surface area (Å²) in [7, 11) is 0. The number of aliphatic hydroxyl groups excluding tert-OH is 1. The standard InChI is InChI=1S/C12H11BrN2O/c1-8-4-10(13)2-3-11(8)12-14-5-9(7-16)6-15-12/h2-6,16H,7H2,1H3. The van der Waals surface area contributed by atoms with Gasteiger partial charge in [0.15, 0.2) is 5.82 Å². The largest absolute Gasteiger partial charge is 0.392 e. The van der Waals surface area contributed by atoms with E-state index in [-0.39, 0.29) is 6.61 Å². The molecule has 4 heteroatoms. The van der Waals surface area contributed by atoms with E-state index in [2.05, 4.69) is 25.9 Å². The molecular weight excluding hydrogens is 268 g/mol. The van der Waals surface area contributed by atoms with Crippen molar-refractivity contribution >= 4 is 15.9 Å². The van der Waals surface area contributed by atoms with Crippen LogP contribution < -0.4 is 0 Å². The summed E-state index contributed by atoms with van der Waals surface area (Å²) in [5, 5.41) is 8.90. The van der Waals surface area contributed by atoms with Crippen LogP contribution in [0.2, 0.25) is 0 Å². The highest BCUT2D eigenvalue weighted by Crippen LogP contribution is 2.23. The summed E-state index contributed by atoms with van der Waals surface area (Å²) in [4.78, 5) is 8.45. The van der Waals surface area contributed by atoms with Crippen molar-refractivity contribution in [3.8, 4) is 11.4 Å². The first-order chi connectivity index (χ1) is 7.70. The first-order valence-corrected chi connectivity index (χ1v) is 5.68. The maximum atomic E-state index is 8.90. The van der Waals surface area contributed by atoms with Gasteiger partial charge in [-0.05, 0) is 30.7 Å². The van der Waals surface area contributed by atoms with Crippen molar-refractivity contribution in [3.05, 3.63) is 46.2 Å². The lowest BCUT2D eigenvalue weighted by molar-refractivity contribution is 0.281. The number of halogens is 1. The lowest BCUT2D eigenvalue weighted by atomic mass is 10.1. The Labute approximate surface area is 102 Å². The molecule has 0 saturated carbocycles. The number of aliphatic hydroxyl groups is 1. The topological polar surface area (TPSA) is 46.0 Å². The van der Waals surface area contributed by atoms with Gasteiger partial charge >= 0.3 is 0 Å². The van der Waals surface area contributed by atoms with Gasteiger partial charge in [0, 0.05) is 28.0 Å². The monoisotopic (exact) mass is 278 g/mol. The summed E-state index contributed by atoms with van der Waals surface area (Å²) in [6.45, 7) is 1.99. The van der Waals surface area contributed by atoms with Crippen molar-refractivity contribution in [1.29, 1.82) is 0 Å². The molecule has 82 valence electrons. The Morgan fingerprint density at radius 3 is 2.50 bits per heavy atom. The Morgan fingerprint density at radius 1 is 1.25 bits per heavy atom. The highest BCUT2D eigenvalue weighted by molar-refractivity contribution is 9.10. The summed E-state index contributed by atoms with van der Waals surface area (Å²) in [5.74, 6) is 0.683. The SMILES string of the molecule is Cc1cc(Br)ccc1-c1ncc(CO)cn1. The van der Waals surface area contributed by atoms with Crippen molar-refractivity contribution in [1.82, 2.24) is 9.97 Å². The molecule has 0 aliphatic heterocycles. The highest BCUT2D eigenvalue weighted by atomic mass is 79.9. The smallest absolute Gasteiger partial charge is 0.159 e. The number of hydrogen-bond acceptors (Lipinski definition) is 3. The molecule has 0 spiro atoms. The summed E-state index contributed by atoms with van der Waals surface area (Å²) in [5.41, 5.74) is 2.84. The van der Waals surface area contributed by atoms with Crippen LogP contribution in [0.3, 0.4) is 0 Å². The molecule has 0 saturated heterocycles. The molecule has 1 aromatic heterocycles. The fourth-order valence-electron chi connectivity index (χ4n) is 1.45. The van der Waals surface area contributed by atoms with E-state index in [9.17, 15) is 0 Å². The quantitative estimate of drug-likeness (QED) is 0.919. The van der Waals surface area contributed by atoms with Crippen LogP contribution >= 0.6 is 15.9 Å². The normalized spacial score (nSPS) is 10.4. The van der Waals surface area contributed by atoms with E-state index in [0.29, 0.717) is 5.82 Å². The molecule has 2 rings (SSSR count). The van der Waals surface area contributed by atoms with Crippen molar-refractivity contribution in [2.75, 3.05) is 0 Å². The van der Waals surface area contributed by atoms with Crippen LogP contribution in [0.25, 0.3) is 11.4 Å². The van der Waals surface area contributed by atoms with E-state index >= 15 is 0 Å². The number of benzene rings is 1. The van der Waals surface area contributed by atoms with Crippen LogP contribution in [0.4, 0.5) is 0 Å². The minimum absolute atomic E-state index is 0.0282. The molecule has 0 unspecified atom stereocenters. The molecule has 1 aromatic carbocycles. The van der Waals surface area contributed by atoms with Gasteiger partial charge in [0.1, 0.15) is 0 Å². The van der Waals surface area contributed by atoms with Gasteiger partial charge in [-0.1, -0.05) is 15.9 Å². The predicted octanol–water partition coefficient (Wildman–Crippen LogP) is 2.71. The molecule has 2 aromatic rings. The van der Waals surface area contributed by atoms with Crippen molar-refractivity contribution in [3.63, 3.8) is 0 Å². The minimum atomic E-state index is -0.0282. The lowest BCUT2D eigenvalue weighted by Crippen LogP contribution is -1.93. The molecule has 0 atom stereocenters. The molecule has 3 nitrogen and oxygen atoms in total. The molecule has 1 N–H and O–H groups in total. The second-order valence-corrected chi connectivity index (χ2v) is 4.45. The van der Waals surface area contributed by atoms with E-state index in [1.807, 2.05) is 25.1 Å². The predicted molar refractivity (Wildman–Crippen MR) is 65.8 cm³/mol. The Morgan fingerprint density at radius 2 is 1.94 bits per heavy atom. The zero-order valence-electron chi connectivity index (χ0n) is 8.81. The maximum Gasteiger partial charge on any atom is 0.159 e. The van der Waals surface area contributed by atoms with E-state index in [4.69, 9.17) is 5.11 Å². The third-order valence-electron chi connectivity index (χ3n) is 2.32. The zero-order chi connectivity index (χ0) is 11.5. The minimum Gasteiger partial charge on any atom is -0.392 e. The zero-order valence-corrected chi connectivity index (χ0v) is 10.4. The second kappa shape index (κ2) is 4.72. The van der Waals surface area contributed by atoms with Gasteiger partial charge in [0.25, 0.3) is 0 Å². The third kappa shape index (κ3) is 2.28. The van der Waals surface area contributed by atoms with Gasteiger partial charge in [0.05, 0.1) is 6.61 Å².